The molecule has 1 unspecified atom stereocenters. The number of fused-ring (bicyclic) bond motifs is 1. The first-order valence-electron chi connectivity index (χ1n) is 9.33. The van der Waals surface area contributed by atoms with Crippen LogP contribution >= 0.6 is 0 Å². The average molecular weight is 329 g/mol. The van der Waals surface area contributed by atoms with E-state index in [9.17, 15) is 4.79 Å². The number of hydrogen-bond donors (Lipinski definition) is 1. The van der Waals surface area contributed by atoms with Crippen molar-refractivity contribution in [2.45, 2.75) is 38.5 Å². The van der Waals surface area contributed by atoms with E-state index in [1.54, 1.807) is 7.11 Å². The lowest BCUT2D eigenvalue weighted by molar-refractivity contribution is 0.0913. The molecule has 130 valence electrons. The highest BCUT2D eigenvalue weighted by molar-refractivity contribution is 6.02. The quantitative estimate of drug-likeness (QED) is 0.870. The average Bonchev–Trinajstić information content (AvgIpc) is 3.39. The van der Waals surface area contributed by atoms with Gasteiger partial charge in [0.25, 0.3) is 0 Å². The molecule has 1 aromatic rings. The molecule has 3 aliphatic rings. The van der Waals surface area contributed by atoms with E-state index in [0.29, 0.717) is 23.4 Å². The van der Waals surface area contributed by atoms with Crippen molar-refractivity contribution < 1.29 is 14.3 Å². The number of piperidine rings is 1. The monoisotopic (exact) mass is 329 g/mol. The van der Waals surface area contributed by atoms with Crippen molar-refractivity contribution in [2.75, 3.05) is 26.8 Å². The Morgan fingerprint density at radius 3 is 2.58 bits per heavy atom. The number of nitrogens with one attached hydrogen (secondary N) is 1. The summed E-state index contributed by atoms with van der Waals surface area (Å²) in [6.07, 6.45) is 6.81. The van der Waals surface area contributed by atoms with Crippen LogP contribution in [0.5, 0.6) is 11.5 Å². The van der Waals surface area contributed by atoms with Gasteiger partial charge in [0, 0.05) is 11.5 Å². The van der Waals surface area contributed by atoms with Crippen molar-refractivity contribution in [1.82, 2.24) is 5.32 Å². The SMILES string of the molecule is COc1cc2c(cc1OCC1CC1)CC(CC1CCNCC1)C2=O. The number of carbonyl (C=O) groups excluding carboxylic acids is 1. The Hall–Kier alpha value is -1.55. The van der Waals surface area contributed by atoms with Gasteiger partial charge in [0.05, 0.1) is 13.7 Å². The van der Waals surface area contributed by atoms with Crippen molar-refractivity contribution in [3.63, 3.8) is 0 Å². The molecule has 0 bridgehead atoms. The van der Waals surface area contributed by atoms with E-state index in [1.807, 2.05) is 6.07 Å². The number of ketones is 1. The highest BCUT2D eigenvalue weighted by Gasteiger charge is 2.34. The first-order chi connectivity index (χ1) is 11.7. The van der Waals surface area contributed by atoms with Crippen LogP contribution in [0.4, 0.5) is 0 Å². The van der Waals surface area contributed by atoms with Crippen LogP contribution < -0.4 is 14.8 Å². The summed E-state index contributed by atoms with van der Waals surface area (Å²) in [7, 11) is 1.65. The molecule has 1 aromatic carbocycles. The van der Waals surface area contributed by atoms with Gasteiger partial charge >= 0.3 is 0 Å². The van der Waals surface area contributed by atoms with Crippen LogP contribution in [0, 0.1) is 17.8 Å². The standard InChI is InChI=1S/C20H27NO3/c1-23-18-11-17-15(10-19(18)24-12-14-2-3-14)9-16(20(17)22)8-13-4-6-21-7-5-13/h10-11,13-14,16,21H,2-9,12H2,1H3. The Bertz CT molecular complexity index is 618. The molecule has 1 aliphatic heterocycles. The Labute approximate surface area is 143 Å². The predicted octanol–water partition coefficient (Wildman–Crippen LogP) is 3.23. The third-order valence-corrected chi connectivity index (χ3v) is 5.74. The zero-order valence-corrected chi connectivity index (χ0v) is 14.5. The van der Waals surface area contributed by atoms with Gasteiger partial charge in [-0.1, -0.05) is 0 Å². The maximum Gasteiger partial charge on any atom is 0.166 e. The third-order valence-electron chi connectivity index (χ3n) is 5.74. The molecule has 4 rings (SSSR count). The van der Waals surface area contributed by atoms with Gasteiger partial charge < -0.3 is 14.8 Å². The summed E-state index contributed by atoms with van der Waals surface area (Å²) >= 11 is 0. The highest BCUT2D eigenvalue weighted by atomic mass is 16.5. The fraction of sp³-hybridized carbons (Fsp3) is 0.650. The van der Waals surface area contributed by atoms with E-state index in [1.165, 1.54) is 25.7 Å². The van der Waals surface area contributed by atoms with Gasteiger partial charge in [0.15, 0.2) is 17.3 Å². The van der Waals surface area contributed by atoms with Gasteiger partial charge in [-0.2, -0.15) is 0 Å². The van der Waals surface area contributed by atoms with E-state index in [2.05, 4.69) is 11.4 Å². The summed E-state index contributed by atoms with van der Waals surface area (Å²) in [5.41, 5.74) is 2.00. The van der Waals surface area contributed by atoms with E-state index < -0.39 is 0 Å². The van der Waals surface area contributed by atoms with Crippen molar-refractivity contribution >= 4 is 5.78 Å². The molecule has 24 heavy (non-hydrogen) atoms. The number of Topliss-reactive ketones (excluding diaryl/α,β-unsaturated/α-hetero) is 1. The van der Waals surface area contributed by atoms with Gasteiger partial charge in [0.1, 0.15) is 0 Å². The normalized spacial score (nSPS) is 24.0. The Morgan fingerprint density at radius 2 is 1.88 bits per heavy atom. The van der Waals surface area contributed by atoms with Crippen LogP contribution in [0.25, 0.3) is 0 Å². The van der Waals surface area contributed by atoms with Crippen molar-refractivity contribution in [3.8, 4) is 11.5 Å². The van der Waals surface area contributed by atoms with Crippen LogP contribution in [-0.2, 0) is 6.42 Å². The van der Waals surface area contributed by atoms with Crippen LogP contribution in [0.2, 0.25) is 0 Å². The molecule has 1 saturated heterocycles. The molecule has 1 heterocycles. The topological polar surface area (TPSA) is 47.6 Å². The minimum absolute atomic E-state index is 0.145. The Kier molecular flexibility index (Phi) is 4.49. The fourth-order valence-corrected chi connectivity index (χ4v) is 4.05. The van der Waals surface area contributed by atoms with Crippen LogP contribution in [0.1, 0.15) is 48.0 Å². The second-order valence-corrected chi connectivity index (χ2v) is 7.61. The molecule has 0 spiro atoms. The molecule has 1 atom stereocenters. The minimum Gasteiger partial charge on any atom is -0.493 e. The summed E-state index contributed by atoms with van der Waals surface area (Å²) in [4.78, 5) is 12.8. The summed E-state index contributed by atoms with van der Waals surface area (Å²) in [5, 5.41) is 3.40. The maximum absolute atomic E-state index is 12.8. The van der Waals surface area contributed by atoms with E-state index in [0.717, 1.165) is 49.4 Å². The number of methoxy groups -OCH3 is 1. The van der Waals surface area contributed by atoms with Crippen LogP contribution in [0.15, 0.2) is 12.1 Å². The first kappa shape index (κ1) is 15.9. The van der Waals surface area contributed by atoms with E-state index >= 15 is 0 Å². The van der Waals surface area contributed by atoms with E-state index in [4.69, 9.17) is 9.47 Å². The lowest BCUT2D eigenvalue weighted by Gasteiger charge is -2.24. The molecule has 0 amide bonds. The van der Waals surface area contributed by atoms with Gasteiger partial charge in [0.2, 0.25) is 0 Å². The van der Waals surface area contributed by atoms with Crippen LogP contribution in [0.3, 0.4) is 0 Å². The van der Waals surface area contributed by atoms with Gasteiger partial charge in [-0.25, -0.2) is 0 Å². The van der Waals surface area contributed by atoms with Gasteiger partial charge in [-0.15, -0.1) is 0 Å². The Morgan fingerprint density at radius 1 is 1.08 bits per heavy atom. The second-order valence-electron chi connectivity index (χ2n) is 7.61. The largest absolute Gasteiger partial charge is 0.493 e. The van der Waals surface area contributed by atoms with Crippen molar-refractivity contribution in [3.05, 3.63) is 23.3 Å². The summed E-state index contributed by atoms with van der Waals surface area (Å²) < 4.78 is 11.4. The molecule has 4 heteroatoms. The zero-order valence-electron chi connectivity index (χ0n) is 14.5. The first-order valence-corrected chi connectivity index (χ1v) is 9.33. The molecule has 0 radical (unpaired) electrons. The van der Waals surface area contributed by atoms with Crippen LogP contribution in [-0.4, -0.2) is 32.6 Å². The third kappa shape index (κ3) is 3.30. The summed E-state index contributed by atoms with van der Waals surface area (Å²) in [5.74, 6) is 3.34. The molecule has 0 aromatic heterocycles. The highest BCUT2D eigenvalue weighted by Crippen LogP contribution is 2.40. The van der Waals surface area contributed by atoms with Crippen molar-refractivity contribution in [2.24, 2.45) is 17.8 Å². The lowest BCUT2D eigenvalue weighted by Crippen LogP contribution is -2.29. The molecule has 2 aliphatic carbocycles. The maximum atomic E-state index is 12.8. The number of hydrogen-bond acceptors (Lipinski definition) is 4. The molecule has 4 nitrogen and oxygen atoms in total. The zero-order chi connectivity index (χ0) is 16.5. The van der Waals surface area contributed by atoms with Gasteiger partial charge in [-0.05, 0) is 81.1 Å². The molecule has 2 fully saturated rings. The second kappa shape index (κ2) is 6.75. The molecule has 1 saturated carbocycles. The smallest absolute Gasteiger partial charge is 0.166 e. The molecular formula is C20H27NO3. The number of rotatable bonds is 6. The molecular weight excluding hydrogens is 302 g/mol. The summed E-state index contributed by atoms with van der Waals surface area (Å²) in [6.45, 7) is 2.94. The number of benzene rings is 1. The molecule has 1 N–H and O–H groups in total. The minimum atomic E-state index is 0.145. The lowest BCUT2D eigenvalue weighted by atomic mass is 9.86. The van der Waals surface area contributed by atoms with Crippen molar-refractivity contribution in [1.29, 1.82) is 0 Å². The number of ether oxygens (including phenoxy) is 2. The van der Waals surface area contributed by atoms with Gasteiger partial charge in [-0.3, -0.25) is 4.79 Å². The number of carbonyl (C=O) groups is 1. The fourth-order valence-electron chi connectivity index (χ4n) is 4.05. The Balaban J connectivity index is 1.48. The van der Waals surface area contributed by atoms with E-state index in [-0.39, 0.29) is 5.92 Å². The summed E-state index contributed by atoms with van der Waals surface area (Å²) in [6, 6.07) is 3.96. The predicted molar refractivity (Wildman–Crippen MR) is 92.9 cm³/mol.